The van der Waals surface area contributed by atoms with Crippen LogP contribution >= 0.6 is 0 Å². The average molecular weight is 427 g/mol. The van der Waals surface area contributed by atoms with Gasteiger partial charge in [-0.15, -0.1) is 0 Å². The molecule has 2 rings (SSSR count). The Hall–Kier alpha value is -1.26. The molecule has 8 heteroatoms. The van der Waals surface area contributed by atoms with Gasteiger partial charge in [0.15, 0.2) is 0 Å². The molecule has 0 bridgehead atoms. The maximum atomic E-state index is 8.85. The number of hydrogen-bond donors (Lipinski definition) is 2. The van der Waals surface area contributed by atoms with Crippen LogP contribution in [0.1, 0.15) is 18.0 Å². The number of ether oxygens (including phenoxy) is 5. The Morgan fingerprint density at radius 1 is 1.03 bits per heavy atom. The van der Waals surface area contributed by atoms with Crippen molar-refractivity contribution in [3.05, 3.63) is 29.8 Å². The molecule has 1 heterocycles. The summed E-state index contributed by atoms with van der Waals surface area (Å²) in [7, 11) is 3.65. The second-order valence-electron chi connectivity index (χ2n) is 7.24. The molecule has 0 amide bonds. The number of benzene rings is 1. The minimum atomic E-state index is 0.0223. The molecule has 1 fully saturated rings. The predicted molar refractivity (Wildman–Crippen MR) is 115 cm³/mol. The van der Waals surface area contributed by atoms with Crippen molar-refractivity contribution >= 4 is 0 Å². The summed E-state index contributed by atoms with van der Waals surface area (Å²) in [4.78, 5) is 2.44. The first-order valence-corrected chi connectivity index (χ1v) is 10.8. The van der Waals surface area contributed by atoms with Gasteiger partial charge in [0.05, 0.1) is 52.4 Å². The van der Waals surface area contributed by atoms with Crippen LogP contribution < -0.4 is 10.1 Å². The molecule has 1 aliphatic heterocycles. The molecule has 8 nitrogen and oxygen atoms in total. The zero-order valence-corrected chi connectivity index (χ0v) is 18.4. The first kappa shape index (κ1) is 25.0. The van der Waals surface area contributed by atoms with Crippen molar-refractivity contribution in [1.29, 1.82) is 0 Å². The summed E-state index contributed by atoms with van der Waals surface area (Å²) in [6, 6.07) is 8.31. The molecule has 2 N–H and O–H groups in total. The van der Waals surface area contributed by atoms with Crippen LogP contribution in [0.25, 0.3) is 0 Å². The summed E-state index contributed by atoms with van der Waals surface area (Å²) >= 11 is 0. The molecule has 0 radical (unpaired) electrons. The van der Waals surface area contributed by atoms with Crippen LogP contribution in [-0.2, 0) is 18.9 Å². The van der Waals surface area contributed by atoms with Crippen LogP contribution in [0.2, 0.25) is 0 Å². The predicted octanol–water partition coefficient (Wildman–Crippen LogP) is 1.09. The number of aliphatic hydroxyl groups is 1. The van der Waals surface area contributed by atoms with E-state index in [9.17, 15) is 0 Å². The zero-order valence-electron chi connectivity index (χ0n) is 18.4. The van der Waals surface area contributed by atoms with Crippen molar-refractivity contribution in [1.82, 2.24) is 10.2 Å². The lowest BCUT2D eigenvalue weighted by Gasteiger charge is -2.24. The first-order valence-electron chi connectivity index (χ1n) is 10.8. The lowest BCUT2D eigenvalue weighted by molar-refractivity contribution is -0.0137. The molecular weight excluding hydrogens is 388 g/mol. The molecule has 1 aliphatic rings. The topological polar surface area (TPSA) is 81.7 Å². The van der Waals surface area contributed by atoms with Crippen LogP contribution in [0.5, 0.6) is 5.75 Å². The van der Waals surface area contributed by atoms with Gasteiger partial charge in [-0.05, 0) is 31.2 Å². The number of likely N-dealkylation sites (tertiary alicyclic amines) is 1. The van der Waals surface area contributed by atoms with Crippen LogP contribution in [0.4, 0.5) is 0 Å². The number of nitrogens with one attached hydrogen (secondary N) is 1. The quantitative estimate of drug-likeness (QED) is 0.358. The highest BCUT2D eigenvalue weighted by atomic mass is 16.6. The molecule has 1 unspecified atom stereocenters. The normalized spacial score (nSPS) is 18.0. The Morgan fingerprint density at radius 3 is 2.40 bits per heavy atom. The fraction of sp³-hybridized carbons (Fsp3) is 0.727. The highest BCUT2D eigenvalue weighted by Crippen LogP contribution is 2.21. The number of nitrogens with zero attached hydrogens (tertiary/aromatic N) is 1. The van der Waals surface area contributed by atoms with Gasteiger partial charge in [0.25, 0.3) is 0 Å². The van der Waals surface area contributed by atoms with Crippen LogP contribution in [0.3, 0.4) is 0 Å². The van der Waals surface area contributed by atoms with E-state index in [2.05, 4.69) is 22.3 Å². The first-order chi connectivity index (χ1) is 14.8. The summed E-state index contributed by atoms with van der Waals surface area (Å²) in [6.07, 6.45) is 1.31. The van der Waals surface area contributed by atoms with Crippen molar-refractivity contribution < 1.29 is 28.8 Å². The fourth-order valence-corrected chi connectivity index (χ4v) is 3.42. The van der Waals surface area contributed by atoms with Gasteiger partial charge in [0.1, 0.15) is 12.4 Å². The SMILES string of the molecule is CN[C@H](CN1CCC(OCCOCCOCCOC)C1)c1ccc(OCCO)cc1. The van der Waals surface area contributed by atoms with Crippen molar-refractivity contribution in [2.75, 3.05) is 86.6 Å². The van der Waals surface area contributed by atoms with Crippen molar-refractivity contribution in [3.8, 4) is 5.75 Å². The van der Waals surface area contributed by atoms with E-state index in [1.54, 1.807) is 7.11 Å². The molecule has 172 valence electrons. The Labute approximate surface area is 180 Å². The monoisotopic (exact) mass is 426 g/mol. The second-order valence-corrected chi connectivity index (χ2v) is 7.24. The third-order valence-electron chi connectivity index (χ3n) is 5.05. The van der Waals surface area contributed by atoms with Gasteiger partial charge >= 0.3 is 0 Å². The lowest BCUT2D eigenvalue weighted by Crippen LogP contribution is -2.33. The van der Waals surface area contributed by atoms with Crippen LogP contribution in [-0.4, -0.2) is 103 Å². The van der Waals surface area contributed by atoms with E-state index in [4.69, 9.17) is 28.8 Å². The number of hydrogen-bond acceptors (Lipinski definition) is 8. The summed E-state index contributed by atoms with van der Waals surface area (Å²) in [5, 5.41) is 12.3. The molecule has 1 aromatic carbocycles. The Kier molecular flexibility index (Phi) is 12.9. The van der Waals surface area contributed by atoms with Crippen molar-refractivity contribution in [3.63, 3.8) is 0 Å². The summed E-state index contributed by atoms with van der Waals surface area (Å²) in [5.41, 5.74) is 1.22. The standard InChI is InChI=1S/C22H38N2O6/c1-23-22(19-3-5-20(6-4-19)29-10-9-25)18-24-8-7-21(17-24)30-16-15-28-14-13-27-12-11-26-2/h3-6,21-23,25H,7-18H2,1-2H3/t21?,22-/m1/s1. The molecule has 1 saturated heterocycles. The van der Waals surface area contributed by atoms with Gasteiger partial charge in [-0.1, -0.05) is 12.1 Å². The number of methoxy groups -OCH3 is 1. The van der Waals surface area contributed by atoms with E-state index in [-0.39, 0.29) is 18.8 Å². The lowest BCUT2D eigenvalue weighted by atomic mass is 10.1. The molecular formula is C22H38N2O6. The summed E-state index contributed by atoms with van der Waals surface area (Å²) in [5.74, 6) is 0.779. The van der Waals surface area contributed by atoms with E-state index in [0.29, 0.717) is 46.2 Å². The highest BCUT2D eigenvalue weighted by molar-refractivity contribution is 5.29. The molecule has 0 spiro atoms. The van der Waals surface area contributed by atoms with Crippen molar-refractivity contribution in [2.24, 2.45) is 0 Å². The third-order valence-corrected chi connectivity index (χ3v) is 5.05. The number of rotatable bonds is 17. The molecule has 2 atom stereocenters. The highest BCUT2D eigenvalue weighted by Gasteiger charge is 2.25. The van der Waals surface area contributed by atoms with Crippen LogP contribution in [0, 0.1) is 0 Å². The zero-order chi connectivity index (χ0) is 21.4. The van der Waals surface area contributed by atoms with Crippen molar-refractivity contribution in [2.45, 2.75) is 18.6 Å². The van der Waals surface area contributed by atoms with Gasteiger partial charge < -0.3 is 34.1 Å². The number of aliphatic hydroxyl groups excluding tert-OH is 1. The molecule has 30 heavy (non-hydrogen) atoms. The van der Waals surface area contributed by atoms with E-state index < -0.39 is 0 Å². The average Bonchev–Trinajstić information content (AvgIpc) is 3.22. The van der Waals surface area contributed by atoms with Gasteiger partial charge in [-0.25, -0.2) is 0 Å². The van der Waals surface area contributed by atoms with Gasteiger partial charge in [-0.3, -0.25) is 4.90 Å². The largest absolute Gasteiger partial charge is 0.491 e. The smallest absolute Gasteiger partial charge is 0.119 e. The molecule has 0 aromatic heterocycles. The second kappa shape index (κ2) is 15.5. The minimum Gasteiger partial charge on any atom is -0.491 e. The van der Waals surface area contributed by atoms with Crippen LogP contribution in [0.15, 0.2) is 24.3 Å². The third kappa shape index (κ3) is 9.70. The Balaban J connectivity index is 1.60. The summed E-state index contributed by atoms with van der Waals surface area (Å²) in [6.45, 7) is 6.83. The van der Waals surface area contributed by atoms with E-state index >= 15 is 0 Å². The molecule has 1 aromatic rings. The fourth-order valence-electron chi connectivity index (χ4n) is 3.42. The van der Waals surface area contributed by atoms with E-state index in [0.717, 1.165) is 31.8 Å². The Bertz CT molecular complexity index is 545. The maximum Gasteiger partial charge on any atom is 0.119 e. The maximum absolute atomic E-state index is 8.85. The minimum absolute atomic E-state index is 0.0223. The van der Waals surface area contributed by atoms with E-state index in [1.165, 1.54) is 5.56 Å². The van der Waals surface area contributed by atoms with E-state index in [1.807, 2.05) is 19.2 Å². The number of likely N-dealkylation sites (N-methyl/N-ethyl adjacent to an activating group) is 1. The van der Waals surface area contributed by atoms with Gasteiger partial charge in [-0.2, -0.15) is 0 Å². The Morgan fingerprint density at radius 2 is 1.73 bits per heavy atom. The van der Waals surface area contributed by atoms with Gasteiger partial charge in [0, 0.05) is 32.8 Å². The summed E-state index contributed by atoms with van der Waals surface area (Å²) < 4.78 is 27.2. The van der Waals surface area contributed by atoms with Gasteiger partial charge in [0.2, 0.25) is 0 Å². The molecule has 0 saturated carbocycles. The molecule has 0 aliphatic carbocycles.